The van der Waals surface area contributed by atoms with Crippen LogP contribution < -0.4 is 0 Å². The standard InChI is InChI=1S/C16H18ClN3O/c1-11-15(16(21)10-19(2)13-7-8-13)9-18-20(11)14-5-3-12(17)4-6-14/h3-6,9,13H,7-8,10H2,1-2H3. The summed E-state index contributed by atoms with van der Waals surface area (Å²) in [7, 11) is 2.01. The molecule has 0 radical (unpaired) electrons. The normalized spacial score (nSPS) is 14.7. The molecule has 0 saturated heterocycles. The van der Waals surface area contributed by atoms with Gasteiger partial charge in [-0.15, -0.1) is 0 Å². The lowest BCUT2D eigenvalue weighted by atomic mass is 10.1. The van der Waals surface area contributed by atoms with E-state index in [1.54, 1.807) is 10.9 Å². The molecule has 0 N–H and O–H groups in total. The van der Waals surface area contributed by atoms with Crippen molar-refractivity contribution >= 4 is 17.4 Å². The van der Waals surface area contributed by atoms with Crippen molar-refractivity contribution in [3.8, 4) is 5.69 Å². The third-order valence-corrected chi connectivity index (χ3v) is 4.20. The van der Waals surface area contributed by atoms with Crippen LogP contribution in [0.4, 0.5) is 0 Å². The zero-order valence-corrected chi connectivity index (χ0v) is 13.0. The molecule has 1 aromatic carbocycles. The van der Waals surface area contributed by atoms with Crippen molar-refractivity contribution in [1.29, 1.82) is 0 Å². The van der Waals surface area contributed by atoms with E-state index >= 15 is 0 Å². The number of benzene rings is 1. The van der Waals surface area contributed by atoms with Gasteiger partial charge in [-0.05, 0) is 51.1 Å². The molecule has 1 fully saturated rings. The van der Waals surface area contributed by atoms with Crippen molar-refractivity contribution < 1.29 is 4.79 Å². The van der Waals surface area contributed by atoms with E-state index in [2.05, 4.69) is 10.00 Å². The fourth-order valence-corrected chi connectivity index (χ4v) is 2.61. The highest BCUT2D eigenvalue weighted by atomic mass is 35.5. The maximum absolute atomic E-state index is 12.4. The number of carbonyl (C=O) groups is 1. The second-order valence-electron chi connectivity index (χ2n) is 5.60. The zero-order valence-electron chi connectivity index (χ0n) is 12.2. The minimum atomic E-state index is 0.127. The molecular weight excluding hydrogens is 286 g/mol. The number of likely N-dealkylation sites (N-methyl/N-ethyl adjacent to an activating group) is 1. The Hall–Kier alpha value is -1.65. The molecular formula is C16H18ClN3O. The van der Waals surface area contributed by atoms with Crippen LogP contribution in [0.2, 0.25) is 5.02 Å². The van der Waals surface area contributed by atoms with Crippen LogP contribution in [0.5, 0.6) is 0 Å². The zero-order chi connectivity index (χ0) is 15.0. The Kier molecular flexibility index (Phi) is 3.83. The van der Waals surface area contributed by atoms with Crippen LogP contribution in [0.15, 0.2) is 30.5 Å². The van der Waals surface area contributed by atoms with Crippen molar-refractivity contribution in [3.05, 3.63) is 46.7 Å². The Labute approximate surface area is 129 Å². The minimum Gasteiger partial charge on any atom is -0.296 e. The summed E-state index contributed by atoms with van der Waals surface area (Å²) in [6, 6.07) is 8.01. The Balaban J connectivity index is 1.81. The highest BCUT2D eigenvalue weighted by Crippen LogP contribution is 2.25. The molecule has 1 saturated carbocycles. The van der Waals surface area contributed by atoms with Gasteiger partial charge in [0.05, 0.1) is 29.7 Å². The fraction of sp³-hybridized carbons (Fsp3) is 0.375. The molecule has 0 aliphatic heterocycles. The van der Waals surface area contributed by atoms with Crippen LogP contribution in [-0.4, -0.2) is 40.1 Å². The number of aromatic nitrogens is 2. The number of Topliss-reactive ketones (excluding diaryl/α,β-unsaturated/α-hetero) is 1. The van der Waals surface area contributed by atoms with Gasteiger partial charge in [0.15, 0.2) is 5.78 Å². The van der Waals surface area contributed by atoms with E-state index in [1.807, 2.05) is 38.2 Å². The number of ketones is 1. The quantitative estimate of drug-likeness (QED) is 0.797. The molecule has 1 aliphatic carbocycles. The first-order valence-electron chi connectivity index (χ1n) is 7.10. The van der Waals surface area contributed by atoms with Gasteiger partial charge in [0.2, 0.25) is 0 Å². The van der Waals surface area contributed by atoms with Crippen molar-refractivity contribution in [2.45, 2.75) is 25.8 Å². The molecule has 2 aromatic rings. The third-order valence-electron chi connectivity index (χ3n) is 3.94. The second-order valence-corrected chi connectivity index (χ2v) is 6.04. The first-order valence-corrected chi connectivity index (χ1v) is 7.48. The first-order chi connectivity index (χ1) is 10.1. The third kappa shape index (κ3) is 3.01. The lowest BCUT2D eigenvalue weighted by Gasteiger charge is -2.14. The van der Waals surface area contributed by atoms with Gasteiger partial charge in [0.25, 0.3) is 0 Å². The summed E-state index contributed by atoms with van der Waals surface area (Å²) in [4.78, 5) is 14.5. The maximum atomic E-state index is 12.4. The van der Waals surface area contributed by atoms with E-state index in [-0.39, 0.29) is 5.78 Å². The van der Waals surface area contributed by atoms with E-state index in [1.165, 1.54) is 12.8 Å². The van der Waals surface area contributed by atoms with Gasteiger partial charge < -0.3 is 0 Å². The molecule has 0 amide bonds. The van der Waals surface area contributed by atoms with E-state index < -0.39 is 0 Å². The number of carbonyl (C=O) groups excluding carboxylic acids is 1. The molecule has 3 rings (SSSR count). The number of rotatable bonds is 5. The van der Waals surface area contributed by atoms with Crippen LogP contribution >= 0.6 is 11.6 Å². The molecule has 110 valence electrons. The molecule has 5 heteroatoms. The Bertz CT molecular complexity index is 659. The van der Waals surface area contributed by atoms with Crippen molar-refractivity contribution in [1.82, 2.24) is 14.7 Å². The number of hydrogen-bond acceptors (Lipinski definition) is 3. The average Bonchev–Trinajstić information content (AvgIpc) is 3.23. The predicted octanol–water partition coefficient (Wildman–Crippen LogP) is 3.11. The Morgan fingerprint density at radius 3 is 2.67 bits per heavy atom. The largest absolute Gasteiger partial charge is 0.296 e. The molecule has 1 heterocycles. The molecule has 1 aliphatic rings. The van der Waals surface area contributed by atoms with Crippen molar-refractivity contribution in [3.63, 3.8) is 0 Å². The minimum absolute atomic E-state index is 0.127. The summed E-state index contributed by atoms with van der Waals surface area (Å²) in [6.45, 7) is 2.38. The molecule has 0 bridgehead atoms. The van der Waals surface area contributed by atoms with Gasteiger partial charge in [0.1, 0.15) is 0 Å². The lowest BCUT2D eigenvalue weighted by Crippen LogP contribution is -2.28. The molecule has 21 heavy (non-hydrogen) atoms. The van der Waals surface area contributed by atoms with E-state index in [0.717, 1.165) is 11.4 Å². The Morgan fingerprint density at radius 2 is 2.05 bits per heavy atom. The van der Waals surface area contributed by atoms with Crippen LogP contribution in [-0.2, 0) is 0 Å². The van der Waals surface area contributed by atoms with Gasteiger partial charge in [-0.1, -0.05) is 11.6 Å². The van der Waals surface area contributed by atoms with Crippen molar-refractivity contribution in [2.75, 3.05) is 13.6 Å². The first kappa shape index (κ1) is 14.3. The fourth-order valence-electron chi connectivity index (χ4n) is 2.48. The van der Waals surface area contributed by atoms with Crippen LogP contribution in [0.1, 0.15) is 28.9 Å². The summed E-state index contributed by atoms with van der Waals surface area (Å²) >= 11 is 5.90. The van der Waals surface area contributed by atoms with Gasteiger partial charge in [-0.2, -0.15) is 5.10 Å². The van der Waals surface area contributed by atoms with Crippen LogP contribution in [0, 0.1) is 6.92 Å². The predicted molar refractivity (Wildman–Crippen MR) is 83.3 cm³/mol. The van der Waals surface area contributed by atoms with Gasteiger partial charge >= 0.3 is 0 Å². The van der Waals surface area contributed by atoms with E-state index in [9.17, 15) is 4.79 Å². The lowest BCUT2D eigenvalue weighted by molar-refractivity contribution is 0.0941. The SMILES string of the molecule is Cc1c(C(=O)CN(C)C2CC2)cnn1-c1ccc(Cl)cc1. The Morgan fingerprint density at radius 1 is 1.38 bits per heavy atom. The summed E-state index contributed by atoms with van der Waals surface area (Å²) in [5.74, 6) is 0.127. The summed E-state index contributed by atoms with van der Waals surface area (Å²) < 4.78 is 1.78. The van der Waals surface area contributed by atoms with Crippen LogP contribution in [0.25, 0.3) is 5.69 Å². The van der Waals surface area contributed by atoms with Crippen LogP contribution in [0.3, 0.4) is 0 Å². The molecule has 0 spiro atoms. The van der Waals surface area contributed by atoms with E-state index in [0.29, 0.717) is 23.2 Å². The molecule has 4 nitrogen and oxygen atoms in total. The number of nitrogens with zero attached hydrogens (tertiary/aromatic N) is 3. The second kappa shape index (κ2) is 5.62. The van der Waals surface area contributed by atoms with Crippen molar-refractivity contribution in [2.24, 2.45) is 0 Å². The van der Waals surface area contributed by atoms with E-state index in [4.69, 9.17) is 11.6 Å². The molecule has 1 aromatic heterocycles. The topological polar surface area (TPSA) is 38.1 Å². The molecule has 0 unspecified atom stereocenters. The summed E-state index contributed by atoms with van der Waals surface area (Å²) in [6.07, 6.45) is 4.06. The monoisotopic (exact) mass is 303 g/mol. The average molecular weight is 304 g/mol. The molecule has 0 atom stereocenters. The maximum Gasteiger partial charge on any atom is 0.180 e. The number of halogens is 1. The highest BCUT2D eigenvalue weighted by molar-refractivity contribution is 6.30. The van der Waals surface area contributed by atoms with Gasteiger partial charge in [-0.3, -0.25) is 9.69 Å². The summed E-state index contributed by atoms with van der Waals surface area (Å²) in [5, 5.41) is 5.02. The highest BCUT2D eigenvalue weighted by Gasteiger charge is 2.28. The van der Waals surface area contributed by atoms with Gasteiger partial charge in [-0.25, -0.2) is 4.68 Å². The van der Waals surface area contributed by atoms with Gasteiger partial charge in [0, 0.05) is 11.1 Å². The smallest absolute Gasteiger partial charge is 0.180 e. The summed E-state index contributed by atoms with van der Waals surface area (Å²) in [5.41, 5.74) is 2.47. The number of hydrogen-bond donors (Lipinski definition) is 0.